The van der Waals surface area contributed by atoms with Crippen molar-refractivity contribution in [3.8, 4) is 0 Å². The van der Waals surface area contributed by atoms with Crippen LogP contribution in [0.1, 0.15) is 22.3 Å². The van der Waals surface area contributed by atoms with Gasteiger partial charge in [-0.1, -0.05) is 6.07 Å². The van der Waals surface area contributed by atoms with Crippen LogP contribution in [-0.4, -0.2) is 51.2 Å². The Labute approximate surface area is 150 Å². The van der Waals surface area contributed by atoms with E-state index >= 15 is 0 Å². The maximum Gasteiger partial charge on any atom is 0.254 e. The minimum Gasteiger partial charge on any atom is -0.338 e. The fourth-order valence-electron chi connectivity index (χ4n) is 3.86. The molecule has 6 nitrogen and oxygen atoms in total. The van der Waals surface area contributed by atoms with Gasteiger partial charge >= 0.3 is 0 Å². The molecule has 2 aliphatic heterocycles. The molecule has 0 spiro atoms. The Bertz CT molecular complexity index is 829. The van der Waals surface area contributed by atoms with E-state index in [1.54, 1.807) is 17.3 Å². The van der Waals surface area contributed by atoms with Crippen LogP contribution in [0, 0.1) is 17.8 Å². The molecule has 0 saturated carbocycles. The molecule has 0 unspecified atom stereocenters. The highest BCUT2D eigenvalue weighted by Gasteiger charge is 2.44. The van der Waals surface area contributed by atoms with Gasteiger partial charge in [-0.05, 0) is 30.0 Å². The number of nitrogens with zero attached hydrogens (tertiary/aromatic N) is 4. The Morgan fingerprint density at radius 3 is 2.92 bits per heavy atom. The minimum atomic E-state index is -0.675. The van der Waals surface area contributed by atoms with E-state index in [4.69, 9.17) is 0 Å². The molecule has 2 saturated heterocycles. The molecule has 0 bridgehead atoms. The van der Waals surface area contributed by atoms with Crippen molar-refractivity contribution in [2.45, 2.75) is 13.0 Å². The molecule has 7 heteroatoms. The highest BCUT2D eigenvalue weighted by Crippen LogP contribution is 2.33. The fourth-order valence-corrected chi connectivity index (χ4v) is 3.86. The van der Waals surface area contributed by atoms with E-state index in [1.807, 2.05) is 17.0 Å². The van der Waals surface area contributed by atoms with Crippen LogP contribution in [0.3, 0.4) is 0 Å². The van der Waals surface area contributed by atoms with Gasteiger partial charge < -0.3 is 9.80 Å². The number of fused-ring (bicyclic) bond motifs is 1. The summed E-state index contributed by atoms with van der Waals surface area (Å²) in [5.41, 5.74) is 1.27. The zero-order valence-corrected chi connectivity index (χ0v) is 14.2. The van der Waals surface area contributed by atoms with Crippen molar-refractivity contribution in [3.05, 3.63) is 59.9 Å². The first-order valence-electron chi connectivity index (χ1n) is 8.70. The molecule has 2 aliphatic rings. The van der Waals surface area contributed by atoms with Crippen LogP contribution in [0.15, 0.2) is 42.9 Å². The first kappa shape index (κ1) is 16.6. The summed E-state index contributed by atoms with van der Waals surface area (Å²) in [7, 11) is 0. The molecule has 0 aliphatic carbocycles. The van der Waals surface area contributed by atoms with E-state index in [1.165, 1.54) is 12.3 Å². The van der Waals surface area contributed by atoms with Crippen LogP contribution in [0.25, 0.3) is 0 Å². The van der Waals surface area contributed by atoms with Gasteiger partial charge in [-0.25, -0.2) is 4.98 Å². The van der Waals surface area contributed by atoms with Gasteiger partial charge in [0.1, 0.15) is 0 Å². The van der Waals surface area contributed by atoms with E-state index in [2.05, 4.69) is 9.97 Å². The molecule has 2 aromatic rings. The molecular formula is C19H19FN4O2. The zero-order valence-electron chi connectivity index (χ0n) is 14.2. The highest BCUT2D eigenvalue weighted by molar-refractivity contribution is 5.95. The van der Waals surface area contributed by atoms with Crippen molar-refractivity contribution in [1.29, 1.82) is 0 Å². The summed E-state index contributed by atoms with van der Waals surface area (Å²) >= 11 is 0. The number of carbonyl (C=O) groups is 2. The molecule has 2 amide bonds. The first-order chi connectivity index (χ1) is 12.6. The number of halogens is 1. The minimum absolute atomic E-state index is 0.0845. The lowest BCUT2D eigenvalue weighted by molar-refractivity contribution is -0.140. The average Bonchev–Trinajstić information content (AvgIpc) is 3.09. The average molecular weight is 354 g/mol. The molecule has 0 radical (unpaired) electrons. The third-order valence-corrected chi connectivity index (χ3v) is 5.20. The van der Waals surface area contributed by atoms with Crippen molar-refractivity contribution in [3.63, 3.8) is 0 Å². The number of hydrogen-bond donors (Lipinski definition) is 0. The fraction of sp³-hybridized carbons (Fsp3) is 0.368. The number of hydrogen-bond acceptors (Lipinski definition) is 4. The predicted octanol–water partition coefficient (Wildman–Crippen LogP) is 1.74. The Hall–Kier alpha value is -2.83. The van der Waals surface area contributed by atoms with E-state index < -0.39 is 5.95 Å². The van der Waals surface area contributed by atoms with Gasteiger partial charge in [0.25, 0.3) is 5.91 Å². The second kappa shape index (κ2) is 6.82. The van der Waals surface area contributed by atoms with Crippen LogP contribution in [0.4, 0.5) is 4.39 Å². The highest BCUT2D eigenvalue weighted by atomic mass is 19.1. The summed E-state index contributed by atoms with van der Waals surface area (Å²) in [6.45, 7) is 2.15. The van der Waals surface area contributed by atoms with Crippen molar-refractivity contribution < 1.29 is 14.0 Å². The summed E-state index contributed by atoms with van der Waals surface area (Å²) in [5.74, 6) is -0.848. The van der Waals surface area contributed by atoms with Crippen molar-refractivity contribution in [2.75, 3.05) is 19.6 Å². The SMILES string of the molecule is O=C(c1ccnc(F)c1)N1C[C@H]2CCN(Cc3cccnc3)C(=O)[C@@H]2C1. The van der Waals surface area contributed by atoms with Crippen LogP contribution in [-0.2, 0) is 11.3 Å². The molecule has 26 heavy (non-hydrogen) atoms. The Balaban J connectivity index is 1.45. The maximum atomic E-state index is 13.3. The number of aromatic nitrogens is 2. The normalized spacial score (nSPS) is 22.4. The number of pyridine rings is 2. The Kier molecular flexibility index (Phi) is 4.36. The third kappa shape index (κ3) is 3.16. The van der Waals surface area contributed by atoms with E-state index in [9.17, 15) is 14.0 Å². The molecular weight excluding hydrogens is 335 g/mol. The van der Waals surface area contributed by atoms with E-state index in [-0.39, 0.29) is 29.2 Å². The second-order valence-corrected chi connectivity index (χ2v) is 6.85. The van der Waals surface area contributed by atoms with Crippen molar-refractivity contribution in [2.24, 2.45) is 11.8 Å². The molecule has 0 N–H and O–H groups in total. The van der Waals surface area contributed by atoms with Crippen LogP contribution in [0.2, 0.25) is 0 Å². The zero-order chi connectivity index (χ0) is 18.1. The maximum absolute atomic E-state index is 13.3. The summed E-state index contributed by atoms with van der Waals surface area (Å²) in [6, 6.07) is 6.45. The monoisotopic (exact) mass is 354 g/mol. The first-order valence-corrected chi connectivity index (χ1v) is 8.70. The van der Waals surface area contributed by atoms with Gasteiger partial charge in [-0.15, -0.1) is 0 Å². The summed E-state index contributed by atoms with van der Waals surface area (Å²) in [6.07, 6.45) is 5.62. The second-order valence-electron chi connectivity index (χ2n) is 6.85. The topological polar surface area (TPSA) is 66.4 Å². The molecule has 2 aromatic heterocycles. The molecule has 0 aromatic carbocycles. The van der Waals surface area contributed by atoms with Gasteiger partial charge in [0.15, 0.2) is 0 Å². The van der Waals surface area contributed by atoms with Crippen LogP contribution in [0.5, 0.6) is 0 Å². The Morgan fingerprint density at radius 2 is 2.15 bits per heavy atom. The molecule has 4 heterocycles. The standard InChI is InChI=1S/C19H19FN4O2/c20-17-8-14(3-6-22-17)18(25)24-11-15-4-7-23(19(26)16(15)12-24)10-13-2-1-5-21-9-13/h1-3,5-6,8-9,15-16H,4,7,10-12H2/t15-,16-/m1/s1. The lowest BCUT2D eigenvalue weighted by Crippen LogP contribution is -2.44. The summed E-state index contributed by atoms with van der Waals surface area (Å²) < 4.78 is 13.3. The molecule has 134 valence electrons. The molecule has 2 atom stereocenters. The lowest BCUT2D eigenvalue weighted by Gasteiger charge is -2.33. The number of rotatable bonds is 3. The number of carbonyl (C=O) groups excluding carboxylic acids is 2. The quantitative estimate of drug-likeness (QED) is 0.788. The van der Waals surface area contributed by atoms with Crippen LogP contribution >= 0.6 is 0 Å². The van der Waals surface area contributed by atoms with E-state index in [0.717, 1.165) is 18.1 Å². The van der Waals surface area contributed by atoms with Gasteiger partial charge in [0.05, 0.1) is 5.92 Å². The van der Waals surface area contributed by atoms with Crippen molar-refractivity contribution >= 4 is 11.8 Å². The Morgan fingerprint density at radius 1 is 1.27 bits per heavy atom. The summed E-state index contributed by atoms with van der Waals surface area (Å²) in [4.78, 5) is 36.6. The van der Waals surface area contributed by atoms with Crippen molar-refractivity contribution in [1.82, 2.24) is 19.8 Å². The largest absolute Gasteiger partial charge is 0.338 e. The molecule has 2 fully saturated rings. The lowest BCUT2D eigenvalue weighted by atomic mass is 9.88. The number of piperidine rings is 1. The smallest absolute Gasteiger partial charge is 0.254 e. The van der Waals surface area contributed by atoms with Gasteiger partial charge in [-0.2, -0.15) is 4.39 Å². The van der Waals surface area contributed by atoms with Crippen LogP contribution < -0.4 is 0 Å². The number of likely N-dealkylation sites (tertiary alicyclic amines) is 2. The molecule has 4 rings (SSSR count). The number of amides is 2. The summed E-state index contributed by atoms with van der Waals surface area (Å²) in [5, 5.41) is 0. The van der Waals surface area contributed by atoms with E-state index in [0.29, 0.717) is 26.2 Å². The third-order valence-electron chi connectivity index (χ3n) is 5.20. The van der Waals surface area contributed by atoms with Gasteiger partial charge in [0.2, 0.25) is 11.9 Å². The van der Waals surface area contributed by atoms with Gasteiger partial charge in [-0.3, -0.25) is 14.6 Å². The predicted molar refractivity (Wildman–Crippen MR) is 91.3 cm³/mol. The van der Waals surface area contributed by atoms with Gasteiger partial charge in [0, 0.05) is 56.4 Å².